The van der Waals surface area contributed by atoms with E-state index in [9.17, 15) is 5.11 Å². The molecule has 3 aromatic rings. The van der Waals surface area contributed by atoms with E-state index in [-0.39, 0.29) is 6.61 Å². The van der Waals surface area contributed by atoms with Crippen molar-refractivity contribution in [1.29, 1.82) is 0 Å². The minimum atomic E-state index is -4.64. The number of aliphatic hydroxyl groups is 1. The second-order valence-corrected chi connectivity index (χ2v) is 6.30. The van der Waals surface area contributed by atoms with E-state index in [1.54, 1.807) is 0 Å². The molecule has 0 spiro atoms. The lowest BCUT2D eigenvalue weighted by Crippen LogP contribution is -1.88. The van der Waals surface area contributed by atoms with Crippen molar-refractivity contribution >= 4 is 7.82 Å². The molecule has 6 heteroatoms. The van der Waals surface area contributed by atoms with E-state index in [4.69, 9.17) is 19.2 Å². The van der Waals surface area contributed by atoms with Gasteiger partial charge in [0.25, 0.3) is 0 Å². The van der Waals surface area contributed by atoms with Gasteiger partial charge in [0.15, 0.2) is 0 Å². The van der Waals surface area contributed by atoms with E-state index in [0.717, 1.165) is 16.7 Å². The normalized spacial score (nSPS) is 10.7. The monoisotopic (exact) mass is 358 g/mol. The Morgan fingerprint density at radius 1 is 0.640 bits per heavy atom. The number of aliphatic hydroxyl groups excluding tert-OH is 1. The first-order chi connectivity index (χ1) is 11.9. The van der Waals surface area contributed by atoms with Crippen LogP contribution in [0, 0.1) is 0 Å². The van der Waals surface area contributed by atoms with Gasteiger partial charge < -0.3 is 19.8 Å². The zero-order valence-electron chi connectivity index (χ0n) is 13.4. The van der Waals surface area contributed by atoms with Gasteiger partial charge in [-0.15, -0.1) is 0 Å². The topological polar surface area (TPSA) is 98.0 Å². The number of rotatable bonds is 3. The largest absolute Gasteiger partial charge is 0.466 e. The Bertz CT molecular complexity index is 833. The van der Waals surface area contributed by atoms with E-state index >= 15 is 0 Å². The standard InChI is InChI=1S/C19H16O.H3O4P/c20-14-18-8-4-5-9-19(18)17-12-10-16(11-13-17)15-6-2-1-3-7-15;1-5(2,3)4/h1-13,20H,14H2;(H3,1,2,3,4). The van der Waals surface area contributed by atoms with Crippen LogP contribution in [-0.4, -0.2) is 19.8 Å². The summed E-state index contributed by atoms with van der Waals surface area (Å²) in [5.41, 5.74) is 5.61. The van der Waals surface area contributed by atoms with E-state index in [1.165, 1.54) is 11.1 Å². The van der Waals surface area contributed by atoms with Crippen molar-refractivity contribution in [1.82, 2.24) is 0 Å². The van der Waals surface area contributed by atoms with Crippen LogP contribution >= 0.6 is 7.82 Å². The Balaban J connectivity index is 0.000000399. The van der Waals surface area contributed by atoms with Crippen molar-refractivity contribution in [3.63, 3.8) is 0 Å². The zero-order chi connectivity index (χ0) is 18.3. The minimum Gasteiger partial charge on any atom is -0.392 e. The maximum Gasteiger partial charge on any atom is 0.466 e. The highest BCUT2D eigenvalue weighted by Gasteiger charge is 2.04. The van der Waals surface area contributed by atoms with Crippen LogP contribution in [0.5, 0.6) is 0 Å². The van der Waals surface area contributed by atoms with E-state index < -0.39 is 7.82 Å². The molecule has 0 saturated heterocycles. The molecule has 5 nitrogen and oxygen atoms in total. The summed E-state index contributed by atoms with van der Waals surface area (Å²) >= 11 is 0. The van der Waals surface area contributed by atoms with Gasteiger partial charge in [-0.3, -0.25) is 0 Å². The Morgan fingerprint density at radius 2 is 1.08 bits per heavy atom. The molecule has 0 unspecified atom stereocenters. The maximum absolute atomic E-state index is 9.41. The van der Waals surface area contributed by atoms with Crippen LogP contribution in [0.3, 0.4) is 0 Å². The first-order valence-electron chi connectivity index (χ1n) is 7.51. The molecule has 0 aromatic heterocycles. The third-order valence-electron chi connectivity index (χ3n) is 3.49. The molecule has 25 heavy (non-hydrogen) atoms. The second kappa shape index (κ2) is 8.72. The van der Waals surface area contributed by atoms with Crippen molar-refractivity contribution in [2.45, 2.75) is 6.61 Å². The average molecular weight is 358 g/mol. The molecular weight excluding hydrogens is 339 g/mol. The van der Waals surface area contributed by atoms with Crippen molar-refractivity contribution < 1.29 is 24.4 Å². The van der Waals surface area contributed by atoms with Crippen molar-refractivity contribution in [2.24, 2.45) is 0 Å². The van der Waals surface area contributed by atoms with Crippen LogP contribution < -0.4 is 0 Å². The van der Waals surface area contributed by atoms with Crippen LogP contribution in [0.15, 0.2) is 78.9 Å². The molecule has 4 N–H and O–H groups in total. The summed E-state index contributed by atoms with van der Waals surface area (Å²) in [6.45, 7) is 0.0661. The van der Waals surface area contributed by atoms with Gasteiger partial charge in [0.1, 0.15) is 0 Å². The predicted molar refractivity (Wildman–Crippen MR) is 97.5 cm³/mol. The van der Waals surface area contributed by atoms with Crippen molar-refractivity contribution in [3.05, 3.63) is 84.4 Å². The molecule has 0 aliphatic rings. The van der Waals surface area contributed by atoms with Gasteiger partial charge in [0, 0.05) is 0 Å². The van der Waals surface area contributed by atoms with Gasteiger partial charge >= 0.3 is 7.82 Å². The third-order valence-corrected chi connectivity index (χ3v) is 3.49. The highest BCUT2D eigenvalue weighted by atomic mass is 31.2. The summed E-state index contributed by atoms with van der Waals surface area (Å²) in [5.74, 6) is 0. The Morgan fingerprint density at radius 3 is 1.64 bits per heavy atom. The van der Waals surface area contributed by atoms with Gasteiger partial charge in [0.05, 0.1) is 6.61 Å². The quantitative estimate of drug-likeness (QED) is 0.537. The van der Waals surface area contributed by atoms with Crippen LogP contribution in [0.4, 0.5) is 0 Å². The fourth-order valence-corrected chi connectivity index (χ4v) is 2.41. The molecular formula is C19H19O5P. The fraction of sp³-hybridized carbons (Fsp3) is 0.0526. The molecule has 0 aliphatic heterocycles. The SMILES string of the molecule is O=P(O)(O)O.OCc1ccccc1-c1ccc(-c2ccccc2)cc1. The van der Waals surface area contributed by atoms with E-state index in [1.807, 2.05) is 42.5 Å². The van der Waals surface area contributed by atoms with Crippen LogP contribution in [-0.2, 0) is 11.2 Å². The molecule has 0 heterocycles. The molecule has 3 aromatic carbocycles. The maximum atomic E-state index is 9.41. The lowest BCUT2D eigenvalue weighted by atomic mass is 9.97. The summed E-state index contributed by atoms with van der Waals surface area (Å²) < 4.78 is 8.88. The summed E-state index contributed by atoms with van der Waals surface area (Å²) in [4.78, 5) is 21.6. The first-order valence-corrected chi connectivity index (χ1v) is 9.08. The van der Waals surface area contributed by atoms with Crippen LogP contribution in [0.2, 0.25) is 0 Å². The van der Waals surface area contributed by atoms with Crippen molar-refractivity contribution in [3.8, 4) is 22.3 Å². The first kappa shape index (κ1) is 19.1. The molecule has 0 amide bonds. The molecule has 0 saturated carbocycles. The average Bonchev–Trinajstić information content (AvgIpc) is 2.61. The fourth-order valence-electron chi connectivity index (χ4n) is 2.41. The Kier molecular flexibility index (Phi) is 6.65. The minimum absolute atomic E-state index is 0.0661. The predicted octanol–water partition coefficient (Wildman–Crippen LogP) is 3.58. The second-order valence-electron chi connectivity index (χ2n) is 5.27. The summed E-state index contributed by atoms with van der Waals surface area (Å²) in [6, 6.07) is 26.7. The van der Waals surface area contributed by atoms with E-state index in [2.05, 4.69) is 36.4 Å². The zero-order valence-corrected chi connectivity index (χ0v) is 14.3. The summed E-state index contributed by atoms with van der Waals surface area (Å²) in [7, 11) is -4.64. The van der Waals surface area contributed by atoms with Crippen LogP contribution in [0.1, 0.15) is 5.56 Å². The lowest BCUT2D eigenvalue weighted by Gasteiger charge is -2.08. The van der Waals surface area contributed by atoms with Gasteiger partial charge in [-0.05, 0) is 27.8 Å². The van der Waals surface area contributed by atoms with Gasteiger partial charge in [-0.1, -0.05) is 78.9 Å². The summed E-state index contributed by atoms with van der Waals surface area (Å²) in [6.07, 6.45) is 0. The van der Waals surface area contributed by atoms with Gasteiger partial charge in [-0.2, -0.15) is 0 Å². The van der Waals surface area contributed by atoms with E-state index in [0.29, 0.717) is 0 Å². The number of phosphoric acid groups is 1. The molecule has 0 bridgehead atoms. The molecule has 130 valence electrons. The third kappa shape index (κ3) is 6.27. The Labute approximate surface area is 146 Å². The summed E-state index contributed by atoms with van der Waals surface area (Å²) in [5, 5.41) is 9.41. The highest BCUT2D eigenvalue weighted by Crippen LogP contribution is 2.27. The number of benzene rings is 3. The number of hydrogen-bond donors (Lipinski definition) is 4. The van der Waals surface area contributed by atoms with Gasteiger partial charge in [0.2, 0.25) is 0 Å². The molecule has 0 fully saturated rings. The van der Waals surface area contributed by atoms with Crippen LogP contribution in [0.25, 0.3) is 22.3 Å². The number of hydrogen-bond acceptors (Lipinski definition) is 2. The molecule has 3 rings (SSSR count). The molecule has 0 atom stereocenters. The molecule has 0 radical (unpaired) electrons. The Hall–Kier alpha value is -2.27. The highest BCUT2D eigenvalue weighted by molar-refractivity contribution is 7.45. The lowest BCUT2D eigenvalue weighted by molar-refractivity contribution is 0.275. The van der Waals surface area contributed by atoms with Gasteiger partial charge in [-0.25, -0.2) is 4.57 Å². The molecule has 0 aliphatic carbocycles. The van der Waals surface area contributed by atoms with Crippen molar-refractivity contribution in [2.75, 3.05) is 0 Å². The smallest absolute Gasteiger partial charge is 0.392 e.